The second kappa shape index (κ2) is 9.78. The van der Waals surface area contributed by atoms with E-state index in [1.165, 1.54) is 19.1 Å². The maximum Gasteiger partial charge on any atom is 0.348 e. The van der Waals surface area contributed by atoms with Crippen molar-refractivity contribution in [1.82, 2.24) is 0 Å². The number of halogens is 1. The van der Waals surface area contributed by atoms with Crippen molar-refractivity contribution in [1.29, 1.82) is 0 Å². The number of ether oxygens (including phenoxy) is 3. The summed E-state index contributed by atoms with van der Waals surface area (Å²) in [6.07, 6.45) is 0. The summed E-state index contributed by atoms with van der Waals surface area (Å²) in [6, 6.07) is 12.7. The van der Waals surface area contributed by atoms with Gasteiger partial charge in [0.1, 0.15) is 23.1 Å². The molecular formula is C25H19FO7. The molecule has 1 heterocycles. The molecule has 3 aromatic rings. The third-order valence-corrected chi connectivity index (χ3v) is 4.19. The zero-order chi connectivity index (χ0) is 24.1. The van der Waals surface area contributed by atoms with Crippen LogP contribution in [0.1, 0.15) is 24.2 Å². The van der Waals surface area contributed by atoms with Gasteiger partial charge in [-0.2, -0.15) is 0 Å². The number of rotatable bonds is 7. The third kappa shape index (κ3) is 5.82. The average Bonchev–Trinajstić information content (AvgIpc) is 3.22. The van der Waals surface area contributed by atoms with Gasteiger partial charge in [0.15, 0.2) is 0 Å². The molecule has 0 bridgehead atoms. The van der Waals surface area contributed by atoms with Crippen molar-refractivity contribution in [2.45, 2.75) is 13.8 Å². The van der Waals surface area contributed by atoms with Crippen molar-refractivity contribution < 1.29 is 37.4 Å². The Hall–Kier alpha value is -4.46. The molecule has 3 rings (SSSR count). The van der Waals surface area contributed by atoms with Gasteiger partial charge in [-0.25, -0.2) is 18.8 Å². The highest BCUT2D eigenvalue weighted by Crippen LogP contribution is 2.29. The van der Waals surface area contributed by atoms with Crippen molar-refractivity contribution >= 4 is 17.9 Å². The summed E-state index contributed by atoms with van der Waals surface area (Å²) in [5, 5.41) is 0. The smallest absolute Gasteiger partial charge is 0.348 e. The predicted molar refractivity (Wildman–Crippen MR) is 116 cm³/mol. The number of furan rings is 1. The van der Waals surface area contributed by atoms with Gasteiger partial charge in [0.05, 0.1) is 5.56 Å². The lowest BCUT2D eigenvalue weighted by Crippen LogP contribution is -2.12. The second-order valence-corrected chi connectivity index (χ2v) is 7.01. The van der Waals surface area contributed by atoms with Crippen molar-refractivity contribution in [3.8, 4) is 28.8 Å². The lowest BCUT2D eigenvalue weighted by molar-refractivity contribution is -0.130. The van der Waals surface area contributed by atoms with Crippen LogP contribution < -0.4 is 14.2 Å². The highest BCUT2D eigenvalue weighted by Gasteiger charge is 2.18. The highest BCUT2D eigenvalue weighted by atomic mass is 19.1. The predicted octanol–water partition coefficient (Wildman–Crippen LogP) is 5.27. The molecule has 0 atom stereocenters. The van der Waals surface area contributed by atoms with E-state index in [1.807, 2.05) is 0 Å². The van der Waals surface area contributed by atoms with Gasteiger partial charge in [-0.15, -0.1) is 0 Å². The van der Waals surface area contributed by atoms with E-state index < -0.39 is 23.7 Å². The maximum atomic E-state index is 14.3. The van der Waals surface area contributed by atoms with Gasteiger partial charge >= 0.3 is 17.9 Å². The lowest BCUT2D eigenvalue weighted by Gasteiger charge is -2.06. The molecule has 1 aromatic heterocycles. The number of hydrogen-bond acceptors (Lipinski definition) is 7. The minimum absolute atomic E-state index is 0.0743. The first kappa shape index (κ1) is 23.2. The Kier molecular flexibility index (Phi) is 6.88. The van der Waals surface area contributed by atoms with E-state index in [2.05, 4.69) is 13.2 Å². The van der Waals surface area contributed by atoms with E-state index in [-0.39, 0.29) is 28.4 Å². The molecule has 0 radical (unpaired) electrons. The van der Waals surface area contributed by atoms with Crippen LogP contribution in [0.3, 0.4) is 0 Å². The van der Waals surface area contributed by atoms with Gasteiger partial charge in [-0.05, 0) is 56.3 Å². The van der Waals surface area contributed by atoms with Crippen molar-refractivity contribution in [3.63, 3.8) is 0 Å². The Labute approximate surface area is 188 Å². The Morgan fingerprint density at radius 3 is 1.94 bits per heavy atom. The molecule has 33 heavy (non-hydrogen) atoms. The largest absolute Gasteiger partial charge is 0.425 e. The summed E-state index contributed by atoms with van der Waals surface area (Å²) in [5.41, 5.74) is 0.680. The van der Waals surface area contributed by atoms with Gasteiger partial charge in [-0.3, -0.25) is 0 Å². The van der Waals surface area contributed by atoms with Crippen LogP contribution in [0.2, 0.25) is 0 Å². The zero-order valence-corrected chi connectivity index (χ0v) is 17.8. The first-order chi connectivity index (χ1) is 15.6. The van der Waals surface area contributed by atoms with Crippen LogP contribution in [-0.2, 0) is 9.59 Å². The Bertz CT molecular complexity index is 1250. The SMILES string of the molecule is C=C(C)C(=O)Oc1ccc(-c2ccc(OC(=O)c3ccc(OC(=O)C(=C)C)cc3F)o2)cc1. The van der Waals surface area contributed by atoms with E-state index in [1.54, 1.807) is 37.3 Å². The molecule has 0 aliphatic carbocycles. The molecule has 0 amide bonds. The first-order valence-corrected chi connectivity index (χ1v) is 9.61. The summed E-state index contributed by atoms with van der Waals surface area (Å²) < 4.78 is 35.0. The molecule has 0 unspecified atom stereocenters. The standard InChI is InChI=1S/C25H19FO7/c1-14(2)23(27)30-17-7-5-16(6-8-17)21-11-12-22(32-21)33-25(29)19-10-9-18(13-20(19)26)31-24(28)15(3)4/h5-13H,1,3H2,2,4H3. The fourth-order valence-electron chi connectivity index (χ4n) is 2.48. The first-order valence-electron chi connectivity index (χ1n) is 9.61. The van der Waals surface area contributed by atoms with Crippen LogP contribution >= 0.6 is 0 Å². The van der Waals surface area contributed by atoms with Gasteiger partial charge < -0.3 is 18.6 Å². The molecule has 0 aliphatic rings. The monoisotopic (exact) mass is 450 g/mol. The van der Waals surface area contributed by atoms with Crippen LogP contribution in [0.25, 0.3) is 11.3 Å². The minimum Gasteiger partial charge on any atom is -0.425 e. The number of esters is 3. The van der Waals surface area contributed by atoms with Gasteiger partial charge in [0, 0.05) is 28.8 Å². The zero-order valence-electron chi connectivity index (χ0n) is 17.8. The average molecular weight is 450 g/mol. The summed E-state index contributed by atoms with van der Waals surface area (Å²) >= 11 is 0. The van der Waals surface area contributed by atoms with Crippen molar-refractivity contribution in [2.75, 3.05) is 0 Å². The Balaban J connectivity index is 1.67. The summed E-state index contributed by atoms with van der Waals surface area (Å²) in [7, 11) is 0. The topological polar surface area (TPSA) is 92.0 Å². The van der Waals surface area contributed by atoms with Gasteiger partial charge in [-0.1, -0.05) is 13.2 Å². The van der Waals surface area contributed by atoms with E-state index in [9.17, 15) is 18.8 Å². The summed E-state index contributed by atoms with van der Waals surface area (Å²) in [5.74, 6) is -2.69. The number of carbonyl (C=O) groups excluding carboxylic acids is 3. The van der Waals surface area contributed by atoms with E-state index >= 15 is 0 Å². The van der Waals surface area contributed by atoms with Gasteiger partial charge in [0.2, 0.25) is 0 Å². The quantitative estimate of drug-likeness (QED) is 0.275. The van der Waals surface area contributed by atoms with Crippen LogP contribution in [-0.4, -0.2) is 17.9 Å². The van der Waals surface area contributed by atoms with Crippen molar-refractivity contribution in [3.05, 3.63) is 90.3 Å². The second-order valence-electron chi connectivity index (χ2n) is 7.01. The maximum absolute atomic E-state index is 14.3. The van der Waals surface area contributed by atoms with Crippen LogP contribution in [0.15, 0.2) is 83.3 Å². The molecule has 2 aromatic carbocycles. The van der Waals surface area contributed by atoms with E-state index in [4.69, 9.17) is 18.6 Å². The van der Waals surface area contributed by atoms with Crippen LogP contribution in [0, 0.1) is 5.82 Å². The van der Waals surface area contributed by atoms with Crippen LogP contribution in [0.4, 0.5) is 4.39 Å². The molecule has 0 spiro atoms. The Morgan fingerprint density at radius 2 is 1.36 bits per heavy atom. The molecule has 0 fully saturated rings. The Morgan fingerprint density at radius 1 is 0.788 bits per heavy atom. The summed E-state index contributed by atoms with van der Waals surface area (Å²) in [4.78, 5) is 35.4. The minimum atomic E-state index is -0.992. The fourth-order valence-corrected chi connectivity index (χ4v) is 2.48. The highest BCUT2D eigenvalue weighted by molar-refractivity contribution is 5.92. The summed E-state index contributed by atoms with van der Waals surface area (Å²) in [6.45, 7) is 9.95. The van der Waals surface area contributed by atoms with Crippen molar-refractivity contribution in [2.24, 2.45) is 0 Å². The third-order valence-electron chi connectivity index (χ3n) is 4.19. The molecule has 7 nitrogen and oxygen atoms in total. The molecule has 168 valence electrons. The molecular weight excluding hydrogens is 431 g/mol. The van der Waals surface area contributed by atoms with Crippen LogP contribution in [0.5, 0.6) is 17.4 Å². The molecule has 8 heteroatoms. The fraction of sp³-hybridized carbons (Fsp3) is 0.0800. The lowest BCUT2D eigenvalue weighted by atomic mass is 10.2. The number of benzene rings is 2. The molecule has 0 N–H and O–H groups in total. The molecule has 0 aliphatic heterocycles. The van der Waals surface area contributed by atoms with E-state index in [0.717, 1.165) is 12.1 Å². The number of hydrogen-bond donors (Lipinski definition) is 0. The molecule has 0 saturated carbocycles. The molecule has 0 saturated heterocycles. The number of carbonyl (C=O) groups is 3. The van der Waals surface area contributed by atoms with Gasteiger partial charge in [0.25, 0.3) is 5.95 Å². The normalized spacial score (nSPS) is 10.3. The van der Waals surface area contributed by atoms with E-state index in [0.29, 0.717) is 17.1 Å².